The largest absolute Gasteiger partial charge is 0.478 e. The van der Waals surface area contributed by atoms with E-state index in [1.807, 2.05) is 0 Å². The normalized spacial score (nSPS) is 25.6. The first-order chi connectivity index (χ1) is 10.3. The van der Waals surface area contributed by atoms with E-state index in [4.69, 9.17) is 4.74 Å². The molecule has 0 radical (unpaired) electrons. The lowest BCUT2D eigenvalue weighted by Gasteiger charge is -2.36. The predicted molar refractivity (Wildman–Crippen MR) is 85.2 cm³/mol. The number of benzene rings is 1. The Labute approximate surface area is 132 Å². The van der Waals surface area contributed by atoms with Crippen molar-refractivity contribution in [3.8, 4) is 5.75 Å². The molecule has 0 aromatic heterocycles. The van der Waals surface area contributed by atoms with Gasteiger partial charge >= 0.3 is 0 Å². The van der Waals surface area contributed by atoms with E-state index in [-0.39, 0.29) is 17.8 Å². The summed E-state index contributed by atoms with van der Waals surface area (Å²) >= 11 is 0. The molecule has 1 amide bonds. The second-order valence-electron chi connectivity index (χ2n) is 6.91. The van der Waals surface area contributed by atoms with Gasteiger partial charge in [0.2, 0.25) is 0 Å². The van der Waals surface area contributed by atoms with Crippen molar-refractivity contribution in [1.29, 1.82) is 0 Å². The van der Waals surface area contributed by atoms with Gasteiger partial charge in [-0.15, -0.1) is 0 Å². The molecule has 122 valence electrons. The Balaban J connectivity index is 1.99. The van der Waals surface area contributed by atoms with E-state index in [9.17, 15) is 9.18 Å². The molecule has 3 atom stereocenters. The van der Waals surface area contributed by atoms with Crippen molar-refractivity contribution in [3.63, 3.8) is 0 Å². The van der Waals surface area contributed by atoms with Gasteiger partial charge in [-0.25, -0.2) is 4.39 Å². The van der Waals surface area contributed by atoms with Crippen LogP contribution in [-0.4, -0.2) is 17.6 Å². The van der Waals surface area contributed by atoms with Crippen molar-refractivity contribution >= 4 is 5.91 Å². The summed E-state index contributed by atoms with van der Waals surface area (Å²) in [6.45, 7) is 7.91. The number of amides is 1. The maximum absolute atomic E-state index is 12.9. The van der Waals surface area contributed by atoms with Gasteiger partial charge in [-0.1, -0.05) is 26.7 Å². The molecule has 0 bridgehead atoms. The van der Waals surface area contributed by atoms with Crippen LogP contribution in [0, 0.1) is 17.7 Å². The fraction of sp³-hybridized carbons (Fsp3) is 0.611. The molecule has 1 N–H and O–H groups in total. The van der Waals surface area contributed by atoms with Crippen LogP contribution in [0.4, 0.5) is 4.39 Å². The Morgan fingerprint density at radius 2 is 1.86 bits per heavy atom. The van der Waals surface area contributed by atoms with Gasteiger partial charge in [0.1, 0.15) is 11.6 Å². The van der Waals surface area contributed by atoms with Gasteiger partial charge in [-0.05, 0) is 56.4 Å². The van der Waals surface area contributed by atoms with Crippen LogP contribution in [-0.2, 0) is 4.79 Å². The summed E-state index contributed by atoms with van der Waals surface area (Å²) in [5.41, 5.74) is -0.988. The summed E-state index contributed by atoms with van der Waals surface area (Å²) in [5.74, 6) is 1.15. The zero-order valence-corrected chi connectivity index (χ0v) is 13.9. The molecule has 1 aromatic rings. The molecule has 0 saturated heterocycles. The summed E-state index contributed by atoms with van der Waals surface area (Å²) in [6, 6.07) is 5.93. The van der Waals surface area contributed by atoms with E-state index < -0.39 is 5.60 Å². The number of rotatable bonds is 4. The third-order valence-electron chi connectivity index (χ3n) is 4.76. The van der Waals surface area contributed by atoms with Gasteiger partial charge in [-0.3, -0.25) is 4.79 Å². The van der Waals surface area contributed by atoms with E-state index in [0.29, 0.717) is 17.6 Å². The molecule has 0 unspecified atom stereocenters. The van der Waals surface area contributed by atoms with Crippen molar-refractivity contribution in [2.75, 3.05) is 0 Å². The number of nitrogens with one attached hydrogen (secondary N) is 1. The van der Waals surface area contributed by atoms with Crippen LogP contribution < -0.4 is 10.1 Å². The third-order valence-corrected chi connectivity index (χ3v) is 4.76. The predicted octanol–water partition coefficient (Wildman–Crippen LogP) is 3.92. The van der Waals surface area contributed by atoms with Crippen LogP contribution in [0.15, 0.2) is 24.3 Å². The number of carbonyl (C=O) groups is 1. The van der Waals surface area contributed by atoms with Gasteiger partial charge in [0.25, 0.3) is 5.91 Å². The second kappa shape index (κ2) is 6.67. The van der Waals surface area contributed by atoms with Gasteiger partial charge < -0.3 is 10.1 Å². The number of hydrogen-bond acceptors (Lipinski definition) is 2. The first-order valence-corrected chi connectivity index (χ1v) is 8.05. The van der Waals surface area contributed by atoms with Crippen LogP contribution in [0.25, 0.3) is 0 Å². The highest BCUT2D eigenvalue weighted by molar-refractivity contribution is 5.85. The van der Waals surface area contributed by atoms with Crippen molar-refractivity contribution < 1.29 is 13.9 Å². The summed E-state index contributed by atoms with van der Waals surface area (Å²) in [6.07, 6.45) is 3.39. The molecule has 1 aliphatic rings. The number of carbonyl (C=O) groups excluding carboxylic acids is 1. The smallest absolute Gasteiger partial charge is 0.263 e. The zero-order chi connectivity index (χ0) is 16.3. The summed E-state index contributed by atoms with van der Waals surface area (Å²) in [4.78, 5) is 12.5. The Morgan fingerprint density at radius 3 is 2.50 bits per heavy atom. The van der Waals surface area contributed by atoms with Gasteiger partial charge in [-0.2, -0.15) is 0 Å². The SMILES string of the molecule is C[C@H]1[C@H](C)CCC[C@@H]1NC(=O)C(C)(C)Oc1ccc(F)cc1. The monoisotopic (exact) mass is 307 g/mol. The summed E-state index contributed by atoms with van der Waals surface area (Å²) < 4.78 is 18.7. The topological polar surface area (TPSA) is 38.3 Å². The van der Waals surface area contributed by atoms with Crippen LogP contribution in [0.1, 0.15) is 47.0 Å². The van der Waals surface area contributed by atoms with Crippen LogP contribution in [0.3, 0.4) is 0 Å². The van der Waals surface area contributed by atoms with Crippen LogP contribution in [0.2, 0.25) is 0 Å². The van der Waals surface area contributed by atoms with Gasteiger partial charge in [0.05, 0.1) is 0 Å². The third kappa shape index (κ3) is 3.99. The number of halogens is 1. The number of ether oxygens (including phenoxy) is 1. The molecule has 2 rings (SSSR count). The van der Waals surface area contributed by atoms with E-state index in [1.54, 1.807) is 13.8 Å². The second-order valence-corrected chi connectivity index (χ2v) is 6.91. The molecular weight excluding hydrogens is 281 g/mol. The molecule has 0 spiro atoms. The van der Waals surface area contributed by atoms with E-state index in [2.05, 4.69) is 19.2 Å². The molecule has 1 aliphatic carbocycles. The molecule has 4 heteroatoms. The molecule has 1 aromatic carbocycles. The maximum Gasteiger partial charge on any atom is 0.263 e. The average Bonchev–Trinajstić information content (AvgIpc) is 2.46. The van der Waals surface area contributed by atoms with E-state index >= 15 is 0 Å². The molecule has 1 saturated carbocycles. The van der Waals surface area contributed by atoms with Gasteiger partial charge in [0, 0.05) is 6.04 Å². The molecule has 22 heavy (non-hydrogen) atoms. The minimum absolute atomic E-state index is 0.122. The minimum Gasteiger partial charge on any atom is -0.478 e. The highest BCUT2D eigenvalue weighted by Gasteiger charge is 2.35. The molecular formula is C18H26FNO2. The lowest BCUT2D eigenvalue weighted by molar-refractivity contribution is -0.135. The first-order valence-electron chi connectivity index (χ1n) is 8.05. The maximum atomic E-state index is 12.9. The highest BCUT2D eigenvalue weighted by Crippen LogP contribution is 2.30. The lowest BCUT2D eigenvalue weighted by Crippen LogP contribution is -2.53. The van der Waals surface area contributed by atoms with Crippen molar-refractivity contribution in [2.45, 2.75) is 58.6 Å². The Kier molecular flexibility index (Phi) is 5.09. The van der Waals surface area contributed by atoms with Crippen molar-refractivity contribution in [1.82, 2.24) is 5.32 Å². The van der Waals surface area contributed by atoms with E-state index in [0.717, 1.165) is 12.8 Å². The van der Waals surface area contributed by atoms with Crippen molar-refractivity contribution in [2.24, 2.45) is 11.8 Å². The fourth-order valence-electron chi connectivity index (χ4n) is 2.97. The zero-order valence-electron chi connectivity index (χ0n) is 13.9. The highest BCUT2D eigenvalue weighted by atomic mass is 19.1. The Hall–Kier alpha value is -1.58. The lowest BCUT2D eigenvalue weighted by atomic mass is 9.78. The Morgan fingerprint density at radius 1 is 1.23 bits per heavy atom. The first kappa shape index (κ1) is 16.8. The molecule has 0 heterocycles. The average molecular weight is 307 g/mol. The summed E-state index contributed by atoms with van der Waals surface area (Å²) in [7, 11) is 0. The summed E-state index contributed by atoms with van der Waals surface area (Å²) in [5, 5.41) is 3.13. The Bertz CT molecular complexity index is 512. The van der Waals surface area contributed by atoms with Crippen molar-refractivity contribution in [3.05, 3.63) is 30.1 Å². The molecule has 1 fully saturated rings. The molecule has 3 nitrogen and oxygen atoms in total. The molecule has 0 aliphatic heterocycles. The number of hydrogen-bond donors (Lipinski definition) is 1. The quantitative estimate of drug-likeness (QED) is 0.915. The minimum atomic E-state index is -0.988. The fourth-order valence-corrected chi connectivity index (χ4v) is 2.97. The van der Waals surface area contributed by atoms with Gasteiger partial charge in [0.15, 0.2) is 5.60 Å². The standard InChI is InChI=1S/C18H26FNO2/c1-12-6-5-7-16(13(12)2)20-17(21)18(3,4)22-15-10-8-14(19)9-11-15/h8-13,16H,5-7H2,1-4H3,(H,20,21)/t12-,13+,16+/m1/s1. The van der Waals surface area contributed by atoms with Crippen LogP contribution in [0.5, 0.6) is 5.75 Å². The van der Waals surface area contributed by atoms with E-state index in [1.165, 1.54) is 30.7 Å². The van der Waals surface area contributed by atoms with Crippen LogP contribution >= 0.6 is 0 Å².